The molecule has 0 radical (unpaired) electrons. The third-order valence-corrected chi connectivity index (χ3v) is 5.27. The second-order valence-corrected chi connectivity index (χ2v) is 6.59. The highest BCUT2D eigenvalue weighted by molar-refractivity contribution is 5.55. The van der Waals surface area contributed by atoms with Crippen LogP contribution in [0.3, 0.4) is 0 Å². The minimum absolute atomic E-state index is 0.337. The summed E-state index contributed by atoms with van der Waals surface area (Å²) in [6, 6.07) is 15.3. The van der Waals surface area contributed by atoms with Crippen molar-refractivity contribution >= 4 is 11.5 Å². The average molecular weight is 302 g/mol. The van der Waals surface area contributed by atoms with Crippen molar-refractivity contribution in [1.29, 1.82) is 0 Å². The van der Waals surface area contributed by atoms with Crippen molar-refractivity contribution in [2.75, 3.05) is 11.4 Å². The van der Waals surface area contributed by atoms with Gasteiger partial charge in [0.05, 0.1) is 12.2 Å². The van der Waals surface area contributed by atoms with Crippen LogP contribution in [0.4, 0.5) is 5.82 Å². The van der Waals surface area contributed by atoms with Gasteiger partial charge in [0.15, 0.2) is 5.65 Å². The van der Waals surface area contributed by atoms with E-state index in [-0.39, 0.29) is 0 Å². The lowest BCUT2D eigenvalue weighted by molar-refractivity contribution is 0.142. The third kappa shape index (κ3) is 1.78. The lowest BCUT2D eigenvalue weighted by Gasteiger charge is -2.57. The molecule has 3 aromatic rings. The van der Waals surface area contributed by atoms with Crippen LogP contribution in [0.25, 0.3) is 5.65 Å². The molecular weight excluding hydrogens is 284 g/mol. The largest absolute Gasteiger partial charge is 0.348 e. The Labute approximate surface area is 135 Å². The first-order chi connectivity index (χ1) is 11.4. The molecule has 0 N–H and O–H groups in total. The quantitative estimate of drug-likeness (QED) is 0.678. The van der Waals surface area contributed by atoms with E-state index in [1.165, 1.54) is 5.56 Å². The van der Waals surface area contributed by atoms with Gasteiger partial charge in [-0.05, 0) is 24.5 Å². The standard InChI is InChI=1S/C19H18N4/c1-2-6-15(7-3-1)18-19(10-4-5-11-19)14-22(18)17-9-12-20-16-8-13-21-23(16)17/h1-9,12-13,18H,10-11,14H2. The van der Waals surface area contributed by atoms with Crippen molar-refractivity contribution in [3.8, 4) is 0 Å². The van der Waals surface area contributed by atoms with E-state index < -0.39 is 0 Å². The molecule has 4 heteroatoms. The van der Waals surface area contributed by atoms with Crippen molar-refractivity contribution in [2.45, 2.75) is 18.9 Å². The van der Waals surface area contributed by atoms with Gasteiger partial charge in [-0.25, -0.2) is 4.98 Å². The molecule has 0 amide bonds. The van der Waals surface area contributed by atoms with Crippen molar-refractivity contribution in [3.05, 3.63) is 72.6 Å². The molecule has 1 aliphatic heterocycles. The van der Waals surface area contributed by atoms with E-state index in [2.05, 4.69) is 63.5 Å². The minimum atomic E-state index is 0.337. The molecule has 2 aliphatic rings. The number of fused-ring (bicyclic) bond motifs is 1. The molecule has 1 aliphatic carbocycles. The zero-order valence-corrected chi connectivity index (χ0v) is 12.8. The van der Waals surface area contributed by atoms with Crippen molar-refractivity contribution in [1.82, 2.24) is 14.6 Å². The first-order valence-corrected chi connectivity index (χ1v) is 8.13. The zero-order valence-electron chi connectivity index (χ0n) is 12.8. The number of allylic oxidation sites excluding steroid dienone is 2. The first-order valence-electron chi connectivity index (χ1n) is 8.13. The van der Waals surface area contributed by atoms with E-state index in [1.54, 1.807) is 0 Å². The van der Waals surface area contributed by atoms with E-state index in [0.717, 1.165) is 30.9 Å². The molecule has 1 atom stereocenters. The molecule has 1 spiro atoms. The summed E-state index contributed by atoms with van der Waals surface area (Å²) in [5.74, 6) is 1.13. The Balaban J connectivity index is 1.62. The molecular formula is C19H18N4. The normalized spacial score (nSPS) is 21.9. The zero-order chi connectivity index (χ0) is 15.3. The fourth-order valence-electron chi connectivity index (χ4n) is 4.23. The van der Waals surface area contributed by atoms with Gasteiger partial charge in [0, 0.05) is 24.2 Å². The maximum Gasteiger partial charge on any atom is 0.157 e. The monoisotopic (exact) mass is 302 g/mol. The summed E-state index contributed by atoms with van der Waals surface area (Å²) in [7, 11) is 0. The van der Waals surface area contributed by atoms with Crippen LogP contribution < -0.4 is 4.90 Å². The van der Waals surface area contributed by atoms with Crippen molar-refractivity contribution < 1.29 is 0 Å². The number of benzene rings is 1. The SMILES string of the molecule is C1=CCC2(C1)CN(c1ccnc3ccnn13)C2c1ccccc1. The summed E-state index contributed by atoms with van der Waals surface area (Å²) in [4.78, 5) is 6.87. The van der Waals surface area contributed by atoms with Crippen LogP contribution in [0.15, 0.2) is 67.0 Å². The molecule has 3 heterocycles. The predicted octanol–water partition coefficient (Wildman–Crippen LogP) is 3.63. The second-order valence-electron chi connectivity index (χ2n) is 6.59. The maximum absolute atomic E-state index is 4.46. The van der Waals surface area contributed by atoms with Crippen molar-refractivity contribution in [3.63, 3.8) is 0 Å². The molecule has 1 unspecified atom stereocenters. The number of nitrogens with zero attached hydrogens (tertiary/aromatic N) is 4. The Morgan fingerprint density at radius 2 is 1.78 bits per heavy atom. The smallest absolute Gasteiger partial charge is 0.157 e. The van der Waals surface area contributed by atoms with Crippen molar-refractivity contribution in [2.24, 2.45) is 5.41 Å². The first kappa shape index (κ1) is 12.9. The lowest BCUT2D eigenvalue weighted by Crippen LogP contribution is -2.58. The van der Waals surface area contributed by atoms with E-state index in [0.29, 0.717) is 11.5 Å². The molecule has 23 heavy (non-hydrogen) atoms. The molecule has 1 aromatic carbocycles. The van der Waals surface area contributed by atoms with E-state index in [9.17, 15) is 0 Å². The summed E-state index contributed by atoms with van der Waals surface area (Å²) >= 11 is 0. The highest BCUT2D eigenvalue weighted by Gasteiger charge is 2.53. The Kier molecular flexibility index (Phi) is 2.62. The Hall–Kier alpha value is -2.62. The van der Waals surface area contributed by atoms with E-state index in [1.807, 2.05) is 23.0 Å². The summed E-state index contributed by atoms with van der Waals surface area (Å²) in [6.45, 7) is 1.07. The Bertz CT molecular complexity index is 873. The van der Waals surface area contributed by atoms with E-state index >= 15 is 0 Å². The highest BCUT2D eigenvalue weighted by atomic mass is 15.4. The number of hydrogen-bond donors (Lipinski definition) is 0. The second kappa shape index (κ2) is 4.69. The molecule has 4 nitrogen and oxygen atoms in total. The third-order valence-electron chi connectivity index (χ3n) is 5.27. The molecule has 0 bridgehead atoms. The molecule has 2 aromatic heterocycles. The number of hydrogen-bond acceptors (Lipinski definition) is 3. The van der Waals surface area contributed by atoms with Gasteiger partial charge in [0.2, 0.25) is 0 Å². The van der Waals surface area contributed by atoms with Gasteiger partial charge < -0.3 is 4.90 Å². The van der Waals surface area contributed by atoms with Crippen LogP contribution in [0.5, 0.6) is 0 Å². The molecule has 114 valence electrons. The average Bonchev–Trinajstić information content (AvgIpc) is 3.24. The van der Waals surface area contributed by atoms with Crippen LogP contribution in [0.1, 0.15) is 24.4 Å². The number of rotatable bonds is 2. The number of aromatic nitrogens is 3. The van der Waals surface area contributed by atoms with Crippen LogP contribution in [0, 0.1) is 5.41 Å². The van der Waals surface area contributed by atoms with Crippen LogP contribution in [-0.4, -0.2) is 21.1 Å². The van der Waals surface area contributed by atoms with Crippen LogP contribution in [-0.2, 0) is 0 Å². The van der Waals surface area contributed by atoms with Gasteiger partial charge in [-0.15, -0.1) is 0 Å². The number of anilines is 1. The highest BCUT2D eigenvalue weighted by Crippen LogP contribution is 2.57. The Morgan fingerprint density at radius 3 is 2.61 bits per heavy atom. The molecule has 1 fully saturated rings. The summed E-state index contributed by atoms with van der Waals surface area (Å²) in [6.07, 6.45) is 10.7. The summed E-state index contributed by atoms with van der Waals surface area (Å²) in [5.41, 5.74) is 2.63. The fourth-order valence-corrected chi connectivity index (χ4v) is 4.23. The van der Waals surface area contributed by atoms with Gasteiger partial charge in [0.25, 0.3) is 0 Å². The predicted molar refractivity (Wildman–Crippen MR) is 90.3 cm³/mol. The Morgan fingerprint density at radius 1 is 0.957 bits per heavy atom. The van der Waals surface area contributed by atoms with Gasteiger partial charge in [0.1, 0.15) is 5.82 Å². The van der Waals surface area contributed by atoms with Gasteiger partial charge in [-0.2, -0.15) is 9.61 Å². The summed E-state index contributed by atoms with van der Waals surface area (Å²) in [5, 5.41) is 4.46. The van der Waals surface area contributed by atoms with Gasteiger partial charge in [-0.3, -0.25) is 0 Å². The van der Waals surface area contributed by atoms with Gasteiger partial charge in [-0.1, -0.05) is 42.5 Å². The van der Waals surface area contributed by atoms with E-state index in [4.69, 9.17) is 0 Å². The lowest BCUT2D eigenvalue weighted by atomic mass is 9.67. The van der Waals surface area contributed by atoms with Crippen LogP contribution >= 0.6 is 0 Å². The van der Waals surface area contributed by atoms with Gasteiger partial charge >= 0.3 is 0 Å². The summed E-state index contributed by atoms with van der Waals surface area (Å²) < 4.78 is 1.95. The topological polar surface area (TPSA) is 33.4 Å². The molecule has 5 rings (SSSR count). The molecule has 0 saturated carbocycles. The maximum atomic E-state index is 4.46. The fraction of sp³-hybridized carbons (Fsp3) is 0.263. The molecule has 1 saturated heterocycles. The van der Waals surface area contributed by atoms with Crippen LogP contribution in [0.2, 0.25) is 0 Å². The minimum Gasteiger partial charge on any atom is -0.348 e.